The van der Waals surface area contributed by atoms with Gasteiger partial charge in [-0.25, -0.2) is 4.79 Å². The van der Waals surface area contributed by atoms with Gasteiger partial charge in [-0.3, -0.25) is 4.79 Å². The largest absolute Gasteiger partial charge is 0.550 e. The fraction of sp³-hybridized carbons (Fsp3) is 0.286. The molecule has 2 unspecified atom stereocenters. The van der Waals surface area contributed by atoms with Crippen LogP contribution >= 0.6 is 22.9 Å². The van der Waals surface area contributed by atoms with Crippen LogP contribution in [0.2, 0.25) is 5.02 Å². The summed E-state index contributed by atoms with van der Waals surface area (Å²) in [5.41, 5.74) is 1.60. The van der Waals surface area contributed by atoms with Gasteiger partial charge in [0.25, 0.3) is 0 Å². The number of benzene rings is 1. The number of ether oxygens (including phenoxy) is 1. The monoisotopic (exact) mass is 432 g/mol. The average molecular weight is 433 g/mol. The van der Waals surface area contributed by atoms with Gasteiger partial charge in [0.05, 0.1) is 12.5 Å². The van der Waals surface area contributed by atoms with Crippen LogP contribution in [0.4, 0.5) is 5.00 Å². The molecule has 29 heavy (non-hydrogen) atoms. The minimum Gasteiger partial charge on any atom is -0.550 e. The summed E-state index contributed by atoms with van der Waals surface area (Å²) in [5.74, 6) is -3.94. The zero-order valence-corrected chi connectivity index (χ0v) is 17.2. The Morgan fingerprint density at radius 3 is 2.45 bits per heavy atom. The number of aliphatic carboxylic acids is 1. The molecule has 3 rings (SSSR count). The van der Waals surface area contributed by atoms with Crippen molar-refractivity contribution < 1.29 is 24.2 Å². The van der Waals surface area contributed by atoms with Crippen molar-refractivity contribution in [3.05, 3.63) is 52.4 Å². The number of amides is 1. The number of halogens is 1. The van der Waals surface area contributed by atoms with Gasteiger partial charge in [0, 0.05) is 27.9 Å². The number of anilines is 1. The second-order valence-corrected chi connectivity index (χ2v) is 7.86. The van der Waals surface area contributed by atoms with Crippen molar-refractivity contribution >= 4 is 45.8 Å². The highest BCUT2D eigenvalue weighted by molar-refractivity contribution is 7.15. The number of rotatable bonds is 6. The first-order chi connectivity index (χ1) is 13.9. The summed E-state index contributed by atoms with van der Waals surface area (Å²) in [6.45, 7) is 1.88. The van der Waals surface area contributed by atoms with Gasteiger partial charge in [-0.05, 0) is 37.5 Å². The lowest BCUT2D eigenvalue weighted by atomic mass is 9.82. The zero-order chi connectivity index (χ0) is 21.0. The quantitative estimate of drug-likeness (QED) is 0.556. The van der Waals surface area contributed by atoms with E-state index in [4.69, 9.17) is 16.3 Å². The minimum atomic E-state index is -1.26. The van der Waals surface area contributed by atoms with Crippen LogP contribution in [0.1, 0.15) is 30.1 Å². The predicted octanol–water partition coefficient (Wildman–Crippen LogP) is 3.52. The molecule has 0 saturated carbocycles. The molecule has 0 spiro atoms. The number of esters is 1. The van der Waals surface area contributed by atoms with Crippen molar-refractivity contribution in [2.45, 2.75) is 19.8 Å². The van der Waals surface area contributed by atoms with E-state index in [0.717, 1.165) is 5.56 Å². The molecule has 0 aliphatic heterocycles. The lowest BCUT2D eigenvalue weighted by molar-refractivity contribution is -0.313. The van der Waals surface area contributed by atoms with Crippen LogP contribution in [0.5, 0.6) is 0 Å². The predicted molar refractivity (Wildman–Crippen MR) is 110 cm³/mol. The Balaban J connectivity index is 1.93. The van der Waals surface area contributed by atoms with Gasteiger partial charge < -0.3 is 20.0 Å². The first-order valence-corrected chi connectivity index (χ1v) is 10.4. The smallest absolute Gasteiger partial charge is 0.341 e. The third kappa shape index (κ3) is 4.68. The number of hydrogen-bond acceptors (Lipinski definition) is 6. The van der Waals surface area contributed by atoms with Gasteiger partial charge in [0.15, 0.2) is 0 Å². The molecule has 1 aliphatic carbocycles. The Bertz CT molecular complexity index is 950. The van der Waals surface area contributed by atoms with Gasteiger partial charge in [-0.1, -0.05) is 35.9 Å². The number of thiophene rings is 1. The van der Waals surface area contributed by atoms with Crippen molar-refractivity contribution in [3.8, 4) is 11.1 Å². The first kappa shape index (κ1) is 21.1. The van der Waals surface area contributed by atoms with Gasteiger partial charge in [-0.15, -0.1) is 11.3 Å². The van der Waals surface area contributed by atoms with Gasteiger partial charge >= 0.3 is 5.97 Å². The Labute approximate surface area is 177 Å². The lowest BCUT2D eigenvalue weighted by Crippen LogP contribution is -2.41. The molecule has 1 aromatic carbocycles. The molecule has 1 heterocycles. The van der Waals surface area contributed by atoms with Crippen LogP contribution in [0.25, 0.3) is 11.1 Å². The molecule has 1 aliphatic rings. The first-order valence-electron chi connectivity index (χ1n) is 9.13. The molecule has 0 fully saturated rings. The topological polar surface area (TPSA) is 95.5 Å². The Morgan fingerprint density at radius 2 is 1.83 bits per heavy atom. The van der Waals surface area contributed by atoms with Crippen molar-refractivity contribution in [2.75, 3.05) is 11.9 Å². The number of allylic oxidation sites excluding steroid dienone is 2. The summed E-state index contributed by atoms with van der Waals surface area (Å²) in [7, 11) is 0. The average Bonchev–Trinajstić information content (AvgIpc) is 3.12. The summed E-state index contributed by atoms with van der Waals surface area (Å²) in [6, 6.07) is 6.97. The molecular weight excluding hydrogens is 414 g/mol. The lowest BCUT2D eigenvalue weighted by Gasteiger charge is -2.28. The van der Waals surface area contributed by atoms with Crippen LogP contribution < -0.4 is 10.4 Å². The molecule has 0 bridgehead atoms. The van der Waals surface area contributed by atoms with E-state index >= 15 is 0 Å². The maximum atomic E-state index is 12.8. The number of carboxylic acids is 1. The molecule has 1 amide bonds. The number of carbonyl (C=O) groups excluding carboxylic acids is 3. The van der Waals surface area contributed by atoms with E-state index in [-0.39, 0.29) is 18.6 Å². The number of hydrogen-bond donors (Lipinski definition) is 1. The van der Waals surface area contributed by atoms with Crippen molar-refractivity contribution in [2.24, 2.45) is 11.8 Å². The Kier molecular flexibility index (Phi) is 6.71. The van der Waals surface area contributed by atoms with E-state index in [2.05, 4.69) is 5.32 Å². The van der Waals surface area contributed by atoms with Crippen molar-refractivity contribution in [1.29, 1.82) is 0 Å². The normalized spacial score (nSPS) is 18.3. The Hall–Kier alpha value is -2.64. The van der Waals surface area contributed by atoms with Gasteiger partial charge in [0.1, 0.15) is 10.6 Å². The fourth-order valence-corrected chi connectivity index (χ4v) is 4.35. The number of carboxylic acid groups (broad SMARTS) is 1. The molecule has 1 N–H and O–H groups in total. The van der Waals surface area contributed by atoms with E-state index in [1.165, 1.54) is 11.3 Å². The maximum absolute atomic E-state index is 12.8. The molecule has 1 aromatic heterocycles. The second kappa shape index (κ2) is 9.24. The van der Waals surface area contributed by atoms with Gasteiger partial charge in [-0.2, -0.15) is 0 Å². The summed E-state index contributed by atoms with van der Waals surface area (Å²) in [4.78, 5) is 36.8. The van der Waals surface area contributed by atoms with Crippen LogP contribution in [-0.2, 0) is 14.3 Å². The molecule has 2 atom stereocenters. The minimum absolute atomic E-state index is 0.183. The van der Waals surface area contributed by atoms with Crippen LogP contribution in [-0.4, -0.2) is 24.5 Å². The van der Waals surface area contributed by atoms with E-state index in [1.54, 1.807) is 48.7 Å². The Morgan fingerprint density at radius 1 is 1.17 bits per heavy atom. The van der Waals surface area contributed by atoms with E-state index in [0.29, 0.717) is 22.0 Å². The van der Waals surface area contributed by atoms with Crippen LogP contribution in [0.3, 0.4) is 0 Å². The second-order valence-electron chi connectivity index (χ2n) is 6.54. The summed E-state index contributed by atoms with van der Waals surface area (Å²) < 4.78 is 5.17. The summed E-state index contributed by atoms with van der Waals surface area (Å²) >= 11 is 7.13. The van der Waals surface area contributed by atoms with E-state index in [9.17, 15) is 19.5 Å². The standard InChI is InChI=1S/C21H20ClNO5S/c1-2-28-21(27)17-16(12-7-9-13(22)10-8-12)11-29-19(17)23-18(24)14-5-3-4-6-15(14)20(25)26/h3-4,7-11,14-15H,2,5-6H2,1H3,(H,23,24)(H,25,26)/p-1. The van der Waals surface area contributed by atoms with Crippen LogP contribution in [0, 0.1) is 11.8 Å². The highest BCUT2D eigenvalue weighted by Gasteiger charge is 2.31. The molecule has 0 radical (unpaired) electrons. The molecule has 2 aromatic rings. The highest BCUT2D eigenvalue weighted by atomic mass is 35.5. The van der Waals surface area contributed by atoms with E-state index < -0.39 is 29.7 Å². The zero-order valence-electron chi connectivity index (χ0n) is 15.6. The molecule has 0 saturated heterocycles. The number of nitrogens with one attached hydrogen (secondary N) is 1. The summed E-state index contributed by atoms with van der Waals surface area (Å²) in [6.07, 6.45) is 4.06. The number of carbonyl (C=O) groups is 3. The van der Waals surface area contributed by atoms with E-state index in [1.807, 2.05) is 0 Å². The third-order valence-corrected chi connectivity index (χ3v) is 5.88. The third-order valence-electron chi connectivity index (χ3n) is 4.73. The molecular formula is C21H19ClNO5S-. The fourth-order valence-electron chi connectivity index (χ4n) is 3.27. The van der Waals surface area contributed by atoms with Crippen LogP contribution in [0.15, 0.2) is 41.8 Å². The van der Waals surface area contributed by atoms with Crippen molar-refractivity contribution in [3.63, 3.8) is 0 Å². The molecule has 6 nitrogen and oxygen atoms in total. The summed E-state index contributed by atoms with van der Waals surface area (Å²) in [5, 5.41) is 16.8. The molecule has 8 heteroatoms. The SMILES string of the molecule is CCOC(=O)c1c(-c2ccc(Cl)cc2)csc1NC(=O)C1CC=CCC1C(=O)[O-]. The van der Waals surface area contributed by atoms with Crippen molar-refractivity contribution in [1.82, 2.24) is 0 Å². The molecule has 152 valence electrons. The van der Waals surface area contributed by atoms with Gasteiger partial charge in [0.2, 0.25) is 5.91 Å². The highest BCUT2D eigenvalue weighted by Crippen LogP contribution is 2.37. The maximum Gasteiger partial charge on any atom is 0.341 e.